The van der Waals surface area contributed by atoms with E-state index in [0.29, 0.717) is 32.8 Å². The average Bonchev–Trinajstić information content (AvgIpc) is 3.00. The van der Waals surface area contributed by atoms with Gasteiger partial charge in [-0.3, -0.25) is 4.79 Å². The largest absolute Gasteiger partial charge is 0.347 e. The van der Waals surface area contributed by atoms with Gasteiger partial charge in [0.25, 0.3) is 0 Å². The van der Waals surface area contributed by atoms with E-state index in [0.717, 1.165) is 30.8 Å². The number of nitrogens with zero attached hydrogens (tertiary/aromatic N) is 1. The highest BCUT2D eigenvalue weighted by Crippen LogP contribution is 2.31. The van der Waals surface area contributed by atoms with Crippen molar-refractivity contribution in [1.82, 2.24) is 10.2 Å². The third kappa shape index (κ3) is 4.44. The van der Waals surface area contributed by atoms with Crippen LogP contribution in [-0.4, -0.2) is 56.0 Å². The minimum absolute atomic E-state index is 0.143. The molecule has 2 aliphatic heterocycles. The van der Waals surface area contributed by atoms with Crippen LogP contribution in [0.5, 0.6) is 0 Å². The highest BCUT2D eigenvalue weighted by molar-refractivity contribution is 6.30. The summed E-state index contributed by atoms with van der Waals surface area (Å²) in [6, 6.07) is 7.81. The van der Waals surface area contributed by atoms with Crippen LogP contribution in [0.1, 0.15) is 18.4 Å². The van der Waals surface area contributed by atoms with Crippen LogP contribution in [0.2, 0.25) is 5.02 Å². The molecule has 0 aromatic heterocycles. The fourth-order valence-electron chi connectivity index (χ4n) is 3.11. The summed E-state index contributed by atoms with van der Waals surface area (Å²) in [5.74, 6) is -0.277. The van der Waals surface area contributed by atoms with Crippen molar-refractivity contribution in [2.24, 2.45) is 0 Å². The second-order valence-corrected chi connectivity index (χ2v) is 6.48. The van der Waals surface area contributed by atoms with E-state index in [2.05, 4.69) is 5.32 Å². The number of carbonyl (C=O) groups excluding carboxylic acids is 1. The zero-order valence-electron chi connectivity index (χ0n) is 13.2. The van der Waals surface area contributed by atoms with Crippen LogP contribution in [0, 0.1) is 0 Å². The maximum atomic E-state index is 12.2. The highest BCUT2D eigenvalue weighted by atomic mass is 35.5. The number of hydrogen-bond acceptors (Lipinski definition) is 4. The Bertz CT molecular complexity index is 536. The van der Waals surface area contributed by atoms with Gasteiger partial charge in [-0.2, -0.15) is 0 Å². The van der Waals surface area contributed by atoms with Crippen LogP contribution in [-0.2, 0) is 20.7 Å². The second kappa shape index (κ2) is 7.62. The molecule has 2 saturated heterocycles. The summed E-state index contributed by atoms with van der Waals surface area (Å²) in [6.07, 6.45) is 2.39. The fourth-order valence-corrected chi connectivity index (χ4v) is 3.33. The average molecular weight is 339 g/mol. The van der Waals surface area contributed by atoms with E-state index in [1.807, 2.05) is 29.2 Å². The van der Waals surface area contributed by atoms with Gasteiger partial charge in [0.05, 0.1) is 19.8 Å². The summed E-state index contributed by atoms with van der Waals surface area (Å²) in [7, 11) is 0. The summed E-state index contributed by atoms with van der Waals surface area (Å²) < 4.78 is 11.4. The van der Waals surface area contributed by atoms with Crippen LogP contribution >= 0.6 is 11.6 Å². The number of ether oxygens (including phenoxy) is 2. The Morgan fingerprint density at radius 1 is 1.26 bits per heavy atom. The Hall–Kier alpha value is -1.14. The predicted molar refractivity (Wildman–Crippen MR) is 88.5 cm³/mol. The van der Waals surface area contributed by atoms with Crippen molar-refractivity contribution in [3.8, 4) is 0 Å². The molecule has 0 aliphatic carbocycles. The van der Waals surface area contributed by atoms with Crippen molar-refractivity contribution in [1.29, 1.82) is 0 Å². The van der Waals surface area contributed by atoms with Gasteiger partial charge in [0.15, 0.2) is 5.79 Å². The van der Waals surface area contributed by atoms with Gasteiger partial charge in [0.2, 0.25) is 5.91 Å². The first kappa shape index (κ1) is 16.7. The molecule has 3 rings (SSSR count). The van der Waals surface area contributed by atoms with E-state index in [-0.39, 0.29) is 5.91 Å². The molecule has 0 unspecified atom stereocenters. The standard InChI is InChI=1S/C17H23ClN2O3/c18-15-3-1-2-14(12-15)4-7-19-13-16(21)20-8-5-17(6-9-20)22-10-11-23-17/h1-3,12,19H,4-11,13H2. The molecule has 0 radical (unpaired) electrons. The zero-order chi connectivity index (χ0) is 16.1. The fraction of sp³-hybridized carbons (Fsp3) is 0.588. The molecule has 0 atom stereocenters. The number of halogens is 1. The van der Waals surface area contributed by atoms with E-state index in [4.69, 9.17) is 21.1 Å². The van der Waals surface area contributed by atoms with Crippen LogP contribution in [0.25, 0.3) is 0 Å². The van der Waals surface area contributed by atoms with Crippen molar-refractivity contribution in [3.05, 3.63) is 34.9 Å². The van der Waals surface area contributed by atoms with E-state index in [1.165, 1.54) is 5.56 Å². The van der Waals surface area contributed by atoms with Crippen molar-refractivity contribution in [2.45, 2.75) is 25.0 Å². The molecule has 0 bridgehead atoms. The predicted octanol–water partition coefficient (Wildman–Crippen LogP) is 1.84. The van der Waals surface area contributed by atoms with Gasteiger partial charge in [-0.15, -0.1) is 0 Å². The molecule has 2 aliphatic rings. The molecule has 1 aromatic rings. The number of likely N-dealkylation sites (tertiary alicyclic amines) is 1. The Balaban J connectivity index is 1.35. The van der Waals surface area contributed by atoms with Gasteiger partial charge in [0.1, 0.15) is 0 Å². The van der Waals surface area contributed by atoms with Crippen LogP contribution in [0.4, 0.5) is 0 Å². The molecular formula is C17H23ClN2O3. The minimum Gasteiger partial charge on any atom is -0.347 e. The molecule has 23 heavy (non-hydrogen) atoms. The maximum Gasteiger partial charge on any atom is 0.236 e. The molecule has 1 N–H and O–H groups in total. The molecule has 1 amide bonds. The molecule has 0 saturated carbocycles. The molecule has 2 fully saturated rings. The van der Waals surface area contributed by atoms with E-state index in [9.17, 15) is 4.79 Å². The van der Waals surface area contributed by atoms with Crippen molar-refractivity contribution < 1.29 is 14.3 Å². The zero-order valence-corrected chi connectivity index (χ0v) is 14.0. The molecule has 6 heteroatoms. The van der Waals surface area contributed by atoms with Crippen LogP contribution < -0.4 is 5.32 Å². The second-order valence-electron chi connectivity index (χ2n) is 6.05. The van der Waals surface area contributed by atoms with Crippen molar-refractivity contribution in [3.63, 3.8) is 0 Å². The van der Waals surface area contributed by atoms with Crippen molar-refractivity contribution in [2.75, 3.05) is 39.4 Å². The van der Waals surface area contributed by atoms with Crippen molar-refractivity contribution >= 4 is 17.5 Å². The minimum atomic E-state index is -0.420. The first-order valence-electron chi connectivity index (χ1n) is 8.18. The molecule has 2 heterocycles. The number of amides is 1. The number of hydrogen-bond donors (Lipinski definition) is 1. The molecule has 5 nitrogen and oxygen atoms in total. The monoisotopic (exact) mass is 338 g/mol. The number of benzene rings is 1. The van der Waals surface area contributed by atoms with Gasteiger partial charge in [0, 0.05) is 31.0 Å². The first-order chi connectivity index (χ1) is 11.2. The van der Waals surface area contributed by atoms with Crippen LogP contribution in [0.15, 0.2) is 24.3 Å². The lowest BCUT2D eigenvalue weighted by Crippen LogP contribution is -2.49. The Morgan fingerprint density at radius 3 is 2.70 bits per heavy atom. The van der Waals surface area contributed by atoms with Gasteiger partial charge in [-0.25, -0.2) is 0 Å². The van der Waals surface area contributed by atoms with Gasteiger partial charge in [-0.1, -0.05) is 23.7 Å². The van der Waals surface area contributed by atoms with E-state index >= 15 is 0 Å². The maximum absolute atomic E-state index is 12.2. The molecule has 126 valence electrons. The van der Waals surface area contributed by atoms with E-state index in [1.54, 1.807) is 0 Å². The number of carbonyl (C=O) groups is 1. The first-order valence-corrected chi connectivity index (χ1v) is 8.56. The number of rotatable bonds is 5. The van der Waals surface area contributed by atoms with Gasteiger partial charge < -0.3 is 19.7 Å². The Morgan fingerprint density at radius 2 is 2.00 bits per heavy atom. The van der Waals surface area contributed by atoms with Crippen LogP contribution in [0.3, 0.4) is 0 Å². The molecule has 1 aromatic carbocycles. The molecule has 1 spiro atoms. The summed E-state index contributed by atoms with van der Waals surface area (Å²) in [6.45, 7) is 3.87. The Kier molecular flexibility index (Phi) is 5.54. The normalized spacial score (nSPS) is 20.1. The number of nitrogens with one attached hydrogen (secondary N) is 1. The summed E-state index contributed by atoms with van der Waals surface area (Å²) >= 11 is 5.96. The third-order valence-electron chi connectivity index (χ3n) is 4.45. The lowest BCUT2D eigenvalue weighted by molar-refractivity contribution is -0.187. The smallest absolute Gasteiger partial charge is 0.236 e. The summed E-state index contributed by atoms with van der Waals surface area (Å²) in [5.41, 5.74) is 1.17. The van der Waals surface area contributed by atoms with Gasteiger partial charge in [-0.05, 0) is 30.7 Å². The summed E-state index contributed by atoms with van der Waals surface area (Å²) in [5, 5.41) is 3.96. The summed E-state index contributed by atoms with van der Waals surface area (Å²) in [4.78, 5) is 14.1. The quantitative estimate of drug-likeness (QED) is 0.832. The molecular weight excluding hydrogens is 316 g/mol. The number of piperidine rings is 1. The van der Waals surface area contributed by atoms with E-state index < -0.39 is 5.79 Å². The third-order valence-corrected chi connectivity index (χ3v) is 4.68. The topological polar surface area (TPSA) is 50.8 Å². The highest BCUT2D eigenvalue weighted by Gasteiger charge is 2.40. The lowest BCUT2D eigenvalue weighted by Gasteiger charge is -2.37. The van der Waals surface area contributed by atoms with Gasteiger partial charge >= 0.3 is 0 Å². The Labute approximate surface area is 141 Å². The lowest BCUT2D eigenvalue weighted by atomic mass is 10.0. The SMILES string of the molecule is O=C(CNCCc1cccc(Cl)c1)N1CCC2(CC1)OCCO2.